The van der Waals surface area contributed by atoms with Crippen molar-refractivity contribution in [1.29, 1.82) is 5.26 Å². The van der Waals surface area contributed by atoms with Gasteiger partial charge in [-0.15, -0.1) is 0 Å². The quantitative estimate of drug-likeness (QED) is 0.841. The third kappa shape index (κ3) is 4.15. The minimum atomic E-state index is 0.613. The summed E-state index contributed by atoms with van der Waals surface area (Å²) < 4.78 is 0. The highest BCUT2D eigenvalue weighted by Crippen LogP contribution is 2.29. The molecule has 1 fully saturated rings. The van der Waals surface area contributed by atoms with E-state index >= 15 is 0 Å². The number of aromatic nitrogens is 2. The summed E-state index contributed by atoms with van der Waals surface area (Å²) in [4.78, 5) is 13.3. The van der Waals surface area contributed by atoms with Crippen molar-refractivity contribution in [3.05, 3.63) is 53.1 Å². The fraction of sp³-hybridized carbons (Fsp3) is 0.450. The average Bonchev–Trinajstić information content (AvgIpc) is 3.03. The van der Waals surface area contributed by atoms with Gasteiger partial charge in [0, 0.05) is 44.3 Å². The topological polar surface area (TPSA) is 56.0 Å². The van der Waals surface area contributed by atoms with Crippen molar-refractivity contribution in [2.45, 2.75) is 26.8 Å². The summed E-state index contributed by atoms with van der Waals surface area (Å²) in [5.41, 5.74) is 4.81. The van der Waals surface area contributed by atoms with Crippen molar-refractivity contribution in [3.63, 3.8) is 0 Å². The van der Waals surface area contributed by atoms with Crippen LogP contribution < -0.4 is 4.90 Å². The molecule has 0 bridgehead atoms. The SMILES string of the molecule is Cc1cc(N2CCC(CN(C)Cc3cccnc3)C2)c(C#N)c(C)n1. The Kier molecular flexibility index (Phi) is 5.30. The van der Waals surface area contributed by atoms with E-state index in [1.165, 1.54) is 5.56 Å². The fourth-order valence-corrected chi connectivity index (χ4v) is 3.70. The first kappa shape index (κ1) is 17.4. The molecule has 0 radical (unpaired) electrons. The van der Waals surface area contributed by atoms with E-state index in [-0.39, 0.29) is 0 Å². The van der Waals surface area contributed by atoms with Crippen LogP contribution in [0.2, 0.25) is 0 Å². The molecule has 1 unspecified atom stereocenters. The van der Waals surface area contributed by atoms with Crippen LogP contribution in [0.5, 0.6) is 0 Å². The number of aryl methyl sites for hydroxylation is 2. The number of pyridine rings is 2. The predicted octanol–water partition coefficient (Wildman–Crippen LogP) is 2.92. The Hall–Kier alpha value is -2.45. The molecule has 2 aromatic heterocycles. The maximum absolute atomic E-state index is 9.50. The Morgan fingerprint density at radius 1 is 1.40 bits per heavy atom. The smallest absolute Gasteiger partial charge is 0.103 e. The Morgan fingerprint density at radius 2 is 2.24 bits per heavy atom. The summed E-state index contributed by atoms with van der Waals surface area (Å²) in [6.07, 6.45) is 4.89. The average molecular weight is 335 g/mol. The van der Waals surface area contributed by atoms with Crippen LogP contribution in [0.15, 0.2) is 30.6 Å². The molecule has 1 atom stereocenters. The van der Waals surface area contributed by atoms with Gasteiger partial charge >= 0.3 is 0 Å². The molecule has 5 heteroatoms. The maximum atomic E-state index is 9.50. The first-order valence-electron chi connectivity index (χ1n) is 8.77. The summed E-state index contributed by atoms with van der Waals surface area (Å²) in [6, 6.07) is 8.48. The van der Waals surface area contributed by atoms with Gasteiger partial charge < -0.3 is 9.80 Å². The third-order valence-corrected chi connectivity index (χ3v) is 4.79. The molecule has 2 aromatic rings. The highest BCUT2D eigenvalue weighted by Gasteiger charge is 2.26. The summed E-state index contributed by atoms with van der Waals surface area (Å²) in [6.45, 7) is 7.88. The van der Waals surface area contributed by atoms with Crippen molar-refractivity contribution in [3.8, 4) is 6.07 Å². The van der Waals surface area contributed by atoms with E-state index in [0.717, 1.165) is 55.2 Å². The lowest BCUT2D eigenvalue weighted by Gasteiger charge is -2.23. The van der Waals surface area contributed by atoms with Crippen molar-refractivity contribution in [1.82, 2.24) is 14.9 Å². The van der Waals surface area contributed by atoms with Crippen LogP contribution in [-0.4, -0.2) is 41.5 Å². The monoisotopic (exact) mass is 335 g/mol. The Labute approximate surface area is 149 Å². The highest BCUT2D eigenvalue weighted by atomic mass is 15.2. The second-order valence-corrected chi connectivity index (χ2v) is 7.01. The molecule has 1 aliphatic rings. The van der Waals surface area contributed by atoms with Crippen molar-refractivity contribution >= 4 is 5.69 Å². The molecule has 0 spiro atoms. The van der Waals surface area contributed by atoms with Gasteiger partial charge in [0.15, 0.2) is 0 Å². The molecule has 0 saturated carbocycles. The molecule has 25 heavy (non-hydrogen) atoms. The van der Waals surface area contributed by atoms with Crippen LogP contribution >= 0.6 is 0 Å². The lowest BCUT2D eigenvalue weighted by Crippen LogP contribution is -2.28. The van der Waals surface area contributed by atoms with Crippen LogP contribution in [0, 0.1) is 31.1 Å². The lowest BCUT2D eigenvalue weighted by molar-refractivity contribution is 0.279. The molecule has 0 aromatic carbocycles. The van der Waals surface area contributed by atoms with E-state index in [1.54, 1.807) is 0 Å². The van der Waals surface area contributed by atoms with Crippen LogP contribution in [0.3, 0.4) is 0 Å². The van der Waals surface area contributed by atoms with E-state index in [1.807, 2.05) is 38.4 Å². The second-order valence-electron chi connectivity index (χ2n) is 7.01. The lowest BCUT2D eigenvalue weighted by atomic mass is 10.1. The van der Waals surface area contributed by atoms with Crippen LogP contribution in [0.4, 0.5) is 5.69 Å². The highest BCUT2D eigenvalue weighted by molar-refractivity contribution is 5.62. The summed E-state index contributed by atoms with van der Waals surface area (Å²) in [5.74, 6) is 0.613. The maximum Gasteiger partial charge on any atom is 0.103 e. The molecule has 3 heterocycles. The van der Waals surface area contributed by atoms with Gasteiger partial charge in [-0.2, -0.15) is 5.26 Å². The Bertz CT molecular complexity index is 766. The second kappa shape index (κ2) is 7.62. The molecule has 0 N–H and O–H groups in total. The molecule has 1 saturated heterocycles. The first-order valence-corrected chi connectivity index (χ1v) is 8.77. The van der Waals surface area contributed by atoms with Gasteiger partial charge in [0.25, 0.3) is 0 Å². The van der Waals surface area contributed by atoms with Gasteiger partial charge in [-0.1, -0.05) is 6.07 Å². The molecule has 1 aliphatic heterocycles. The number of hydrogen-bond acceptors (Lipinski definition) is 5. The van der Waals surface area contributed by atoms with Crippen molar-refractivity contribution in [2.75, 3.05) is 31.6 Å². The van der Waals surface area contributed by atoms with Gasteiger partial charge in [-0.25, -0.2) is 0 Å². The number of rotatable bonds is 5. The number of hydrogen-bond donors (Lipinski definition) is 0. The standard InChI is InChI=1S/C20H25N5/c1-15-9-20(19(10-21)16(2)23-15)25-8-6-18(14-25)13-24(3)12-17-5-4-7-22-11-17/h4-5,7,9,11,18H,6,8,12-14H2,1-3H3. The van der Waals surface area contributed by atoms with E-state index in [4.69, 9.17) is 0 Å². The van der Waals surface area contributed by atoms with Crippen LogP contribution in [0.25, 0.3) is 0 Å². The minimum absolute atomic E-state index is 0.613. The number of nitriles is 1. The normalized spacial score (nSPS) is 17.1. The van der Waals surface area contributed by atoms with E-state index in [2.05, 4.69) is 39.0 Å². The number of anilines is 1. The summed E-state index contributed by atoms with van der Waals surface area (Å²) >= 11 is 0. The van der Waals surface area contributed by atoms with Crippen LogP contribution in [0.1, 0.15) is 28.9 Å². The summed E-state index contributed by atoms with van der Waals surface area (Å²) in [5, 5.41) is 9.50. The number of nitrogens with zero attached hydrogens (tertiary/aromatic N) is 5. The van der Waals surface area contributed by atoms with Crippen LogP contribution in [-0.2, 0) is 6.54 Å². The Balaban J connectivity index is 1.63. The van der Waals surface area contributed by atoms with Gasteiger partial charge in [0.05, 0.1) is 16.9 Å². The van der Waals surface area contributed by atoms with Gasteiger partial charge in [-0.05, 0) is 50.9 Å². The third-order valence-electron chi connectivity index (χ3n) is 4.79. The van der Waals surface area contributed by atoms with Gasteiger partial charge in [0.1, 0.15) is 6.07 Å². The molecule has 3 rings (SSSR count). The van der Waals surface area contributed by atoms with E-state index < -0.39 is 0 Å². The molecule has 0 amide bonds. The fourth-order valence-electron chi connectivity index (χ4n) is 3.70. The van der Waals surface area contributed by atoms with Crippen molar-refractivity contribution < 1.29 is 0 Å². The summed E-state index contributed by atoms with van der Waals surface area (Å²) in [7, 11) is 2.16. The zero-order valence-corrected chi connectivity index (χ0v) is 15.2. The van der Waals surface area contributed by atoms with E-state index in [0.29, 0.717) is 5.92 Å². The van der Waals surface area contributed by atoms with Gasteiger partial charge in [-0.3, -0.25) is 9.97 Å². The van der Waals surface area contributed by atoms with Gasteiger partial charge in [0.2, 0.25) is 0 Å². The zero-order valence-electron chi connectivity index (χ0n) is 15.2. The van der Waals surface area contributed by atoms with Crippen molar-refractivity contribution in [2.24, 2.45) is 5.92 Å². The molecule has 130 valence electrons. The molecule has 5 nitrogen and oxygen atoms in total. The minimum Gasteiger partial charge on any atom is -0.370 e. The zero-order chi connectivity index (χ0) is 17.8. The van der Waals surface area contributed by atoms with E-state index in [9.17, 15) is 5.26 Å². The molecular weight excluding hydrogens is 310 g/mol. The molecule has 0 aliphatic carbocycles. The Morgan fingerprint density at radius 3 is 2.96 bits per heavy atom. The predicted molar refractivity (Wildman–Crippen MR) is 99.3 cm³/mol. The molecular formula is C20H25N5. The largest absolute Gasteiger partial charge is 0.370 e. The first-order chi connectivity index (χ1) is 12.1.